The van der Waals surface area contributed by atoms with Gasteiger partial charge < -0.3 is 9.47 Å². The number of carbonyl (C=O) groups excluding carboxylic acids is 3. The molecule has 0 amide bonds. The van der Waals surface area contributed by atoms with Gasteiger partial charge in [-0.05, 0) is 70.0 Å². The van der Waals surface area contributed by atoms with Crippen LogP contribution in [0.1, 0.15) is 56.8 Å². The Balaban J connectivity index is 1.77. The highest BCUT2D eigenvalue weighted by molar-refractivity contribution is 6.00. The summed E-state index contributed by atoms with van der Waals surface area (Å²) in [5.74, 6) is -1.88. The average Bonchev–Trinajstić information content (AvgIpc) is 2.99. The number of ether oxygens (including phenoxy) is 2. The fourth-order valence-corrected chi connectivity index (χ4v) is 3.98. The molecule has 1 heterocycles. The SMILES string of the molecule is CC(C)=CCC/C(C)=C/[C@H]1OC(=O)CC12C[C@H](OC(=O)c1cccc(F)c1)C=CC2=O. The number of halogens is 1. The van der Waals surface area contributed by atoms with Gasteiger partial charge in [0.1, 0.15) is 18.0 Å². The predicted octanol–water partition coefficient (Wildman–Crippen LogP) is 4.87. The van der Waals surface area contributed by atoms with Crippen LogP contribution in [0.15, 0.2) is 59.7 Å². The van der Waals surface area contributed by atoms with Gasteiger partial charge in [-0.1, -0.05) is 23.3 Å². The minimum absolute atomic E-state index is 0.0629. The Morgan fingerprint density at radius 2 is 2.06 bits per heavy atom. The van der Waals surface area contributed by atoms with Crippen molar-refractivity contribution in [2.75, 3.05) is 0 Å². The Labute approximate surface area is 181 Å². The van der Waals surface area contributed by atoms with Crippen molar-refractivity contribution in [2.24, 2.45) is 5.41 Å². The van der Waals surface area contributed by atoms with Crippen molar-refractivity contribution in [2.45, 2.75) is 58.7 Å². The van der Waals surface area contributed by atoms with E-state index in [1.807, 2.05) is 26.8 Å². The lowest BCUT2D eigenvalue weighted by Crippen LogP contribution is -2.43. The molecule has 0 aromatic heterocycles. The third-order valence-electron chi connectivity index (χ3n) is 5.63. The Bertz CT molecular complexity index is 970. The van der Waals surface area contributed by atoms with Crippen LogP contribution in [0.2, 0.25) is 0 Å². The van der Waals surface area contributed by atoms with Gasteiger partial charge in [-0.3, -0.25) is 9.59 Å². The van der Waals surface area contributed by atoms with Gasteiger partial charge in [-0.25, -0.2) is 9.18 Å². The first-order valence-corrected chi connectivity index (χ1v) is 10.4. The quantitative estimate of drug-likeness (QED) is 0.479. The lowest BCUT2D eigenvalue weighted by Gasteiger charge is -2.34. The molecule has 3 rings (SSSR count). The fourth-order valence-electron chi connectivity index (χ4n) is 3.98. The third kappa shape index (κ3) is 5.37. The van der Waals surface area contributed by atoms with Gasteiger partial charge >= 0.3 is 11.9 Å². The molecule has 31 heavy (non-hydrogen) atoms. The lowest BCUT2D eigenvalue weighted by atomic mass is 9.69. The van der Waals surface area contributed by atoms with E-state index in [0.717, 1.165) is 24.5 Å². The molecule has 6 heteroatoms. The van der Waals surface area contributed by atoms with Crippen LogP contribution in [0.5, 0.6) is 0 Å². The summed E-state index contributed by atoms with van der Waals surface area (Å²) >= 11 is 0. The van der Waals surface area contributed by atoms with E-state index in [1.165, 1.54) is 35.9 Å². The largest absolute Gasteiger partial charge is 0.457 e. The monoisotopic (exact) mass is 426 g/mol. The molecule has 1 aliphatic heterocycles. The fraction of sp³-hybridized carbons (Fsp3) is 0.400. The zero-order valence-electron chi connectivity index (χ0n) is 18.0. The maximum Gasteiger partial charge on any atom is 0.338 e. The van der Waals surface area contributed by atoms with Crippen LogP contribution in [0.3, 0.4) is 0 Å². The molecule has 2 aliphatic rings. The van der Waals surface area contributed by atoms with Crippen molar-refractivity contribution in [3.63, 3.8) is 0 Å². The molecule has 1 fully saturated rings. The number of hydrogen-bond acceptors (Lipinski definition) is 5. The highest BCUT2D eigenvalue weighted by Crippen LogP contribution is 2.45. The van der Waals surface area contributed by atoms with E-state index < -0.39 is 35.4 Å². The minimum Gasteiger partial charge on any atom is -0.457 e. The summed E-state index contributed by atoms with van der Waals surface area (Å²) in [6.07, 6.45) is 7.13. The maximum atomic E-state index is 13.4. The zero-order valence-corrected chi connectivity index (χ0v) is 18.0. The van der Waals surface area contributed by atoms with Crippen molar-refractivity contribution in [3.05, 3.63) is 71.1 Å². The summed E-state index contributed by atoms with van der Waals surface area (Å²) < 4.78 is 24.4. The molecule has 1 aromatic carbocycles. The lowest BCUT2D eigenvalue weighted by molar-refractivity contribution is -0.140. The summed E-state index contributed by atoms with van der Waals surface area (Å²) in [4.78, 5) is 37.4. The number of esters is 2. The van der Waals surface area contributed by atoms with Crippen LogP contribution in [0.4, 0.5) is 4.39 Å². The smallest absolute Gasteiger partial charge is 0.338 e. The molecule has 1 saturated heterocycles. The molecule has 164 valence electrons. The number of carbonyl (C=O) groups is 3. The van der Waals surface area contributed by atoms with Gasteiger partial charge in [0.05, 0.1) is 17.4 Å². The molecule has 1 aromatic rings. The van der Waals surface area contributed by atoms with E-state index in [4.69, 9.17) is 9.47 Å². The standard InChI is InChI=1S/C25H27FO5/c1-16(2)6-4-7-17(3)12-22-25(15-23(28)31-22)14-20(10-11-21(25)27)30-24(29)18-8-5-9-19(26)13-18/h5-6,8-13,20,22H,4,7,14-15H2,1-3H3/b17-12+/t20-,22-,25?/m1/s1. The second-order valence-electron chi connectivity index (χ2n) is 8.46. The molecule has 1 spiro atoms. The number of cyclic esters (lactones) is 1. The van der Waals surface area contributed by atoms with E-state index in [-0.39, 0.29) is 24.2 Å². The first-order chi connectivity index (χ1) is 14.7. The number of rotatable bonds is 6. The highest BCUT2D eigenvalue weighted by atomic mass is 19.1. The average molecular weight is 426 g/mol. The van der Waals surface area contributed by atoms with E-state index in [0.29, 0.717) is 0 Å². The highest BCUT2D eigenvalue weighted by Gasteiger charge is 2.55. The summed E-state index contributed by atoms with van der Waals surface area (Å²) in [5, 5.41) is 0. The normalized spacial score (nSPS) is 25.5. The van der Waals surface area contributed by atoms with Crippen LogP contribution in [0.25, 0.3) is 0 Å². The van der Waals surface area contributed by atoms with Crippen molar-refractivity contribution in [1.82, 2.24) is 0 Å². The first kappa shape index (κ1) is 22.7. The zero-order chi connectivity index (χ0) is 22.6. The van der Waals surface area contributed by atoms with Gasteiger partial charge in [0.25, 0.3) is 0 Å². The molecule has 1 unspecified atom stereocenters. The van der Waals surface area contributed by atoms with E-state index in [9.17, 15) is 18.8 Å². The van der Waals surface area contributed by atoms with Crippen LogP contribution in [-0.2, 0) is 19.1 Å². The van der Waals surface area contributed by atoms with Gasteiger partial charge in [0.2, 0.25) is 0 Å². The van der Waals surface area contributed by atoms with Crippen LogP contribution >= 0.6 is 0 Å². The van der Waals surface area contributed by atoms with Gasteiger partial charge in [0, 0.05) is 6.42 Å². The van der Waals surface area contributed by atoms with Crippen molar-refractivity contribution in [1.29, 1.82) is 0 Å². The van der Waals surface area contributed by atoms with Crippen molar-refractivity contribution in [3.8, 4) is 0 Å². The molecular formula is C25H27FO5. The molecule has 0 N–H and O–H groups in total. The van der Waals surface area contributed by atoms with Crippen LogP contribution < -0.4 is 0 Å². The Morgan fingerprint density at radius 3 is 2.77 bits per heavy atom. The molecular weight excluding hydrogens is 399 g/mol. The second kappa shape index (κ2) is 9.41. The predicted molar refractivity (Wildman–Crippen MR) is 114 cm³/mol. The molecule has 0 saturated carbocycles. The number of benzene rings is 1. The molecule has 0 bridgehead atoms. The summed E-state index contributed by atoms with van der Waals surface area (Å²) in [7, 11) is 0. The van der Waals surface area contributed by atoms with Crippen molar-refractivity contribution < 1.29 is 28.2 Å². The van der Waals surface area contributed by atoms with Gasteiger partial charge in [-0.15, -0.1) is 0 Å². The third-order valence-corrected chi connectivity index (χ3v) is 5.63. The van der Waals surface area contributed by atoms with Gasteiger partial charge in [-0.2, -0.15) is 0 Å². The Kier molecular flexibility index (Phi) is 6.88. The summed E-state index contributed by atoms with van der Waals surface area (Å²) in [6, 6.07) is 5.22. The molecule has 3 atom stereocenters. The Hall–Kier alpha value is -3.02. The maximum absolute atomic E-state index is 13.4. The summed E-state index contributed by atoms with van der Waals surface area (Å²) in [5.41, 5.74) is 1.24. The second-order valence-corrected chi connectivity index (χ2v) is 8.46. The van der Waals surface area contributed by atoms with E-state index in [1.54, 1.807) is 0 Å². The van der Waals surface area contributed by atoms with Crippen LogP contribution in [-0.4, -0.2) is 29.9 Å². The minimum atomic E-state index is -1.10. The molecule has 5 nitrogen and oxygen atoms in total. The van der Waals surface area contributed by atoms with Gasteiger partial charge in [0.15, 0.2) is 5.78 Å². The molecule has 1 aliphatic carbocycles. The number of allylic oxidation sites excluding steroid dienone is 4. The number of ketones is 1. The van der Waals surface area contributed by atoms with Crippen LogP contribution in [0, 0.1) is 11.2 Å². The topological polar surface area (TPSA) is 69.7 Å². The van der Waals surface area contributed by atoms with Crippen molar-refractivity contribution >= 4 is 17.7 Å². The first-order valence-electron chi connectivity index (χ1n) is 10.4. The number of hydrogen-bond donors (Lipinski definition) is 0. The van der Waals surface area contributed by atoms with E-state index >= 15 is 0 Å². The van der Waals surface area contributed by atoms with E-state index in [2.05, 4.69) is 6.08 Å². The summed E-state index contributed by atoms with van der Waals surface area (Å²) in [6.45, 7) is 6.01. The Morgan fingerprint density at radius 1 is 1.29 bits per heavy atom. The molecule has 0 radical (unpaired) electrons.